The molecule has 130 valence electrons. The summed E-state index contributed by atoms with van der Waals surface area (Å²) in [5.41, 5.74) is 4.12. The van der Waals surface area contributed by atoms with E-state index in [2.05, 4.69) is 53.6 Å². The summed E-state index contributed by atoms with van der Waals surface area (Å²) >= 11 is 0. The number of benzene rings is 3. The first kappa shape index (κ1) is 16.3. The van der Waals surface area contributed by atoms with Gasteiger partial charge in [-0.3, -0.25) is 0 Å². The molecule has 1 atom stereocenters. The molecule has 4 heteroatoms. The highest BCUT2D eigenvalue weighted by Crippen LogP contribution is 2.39. The summed E-state index contributed by atoms with van der Waals surface area (Å²) in [6.45, 7) is 4.14. The second-order valence-corrected chi connectivity index (χ2v) is 6.42. The second-order valence-electron chi connectivity index (χ2n) is 6.42. The summed E-state index contributed by atoms with van der Waals surface area (Å²) in [5, 5.41) is 11.1. The van der Waals surface area contributed by atoms with Crippen LogP contribution in [-0.2, 0) is 0 Å². The highest BCUT2D eigenvalue weighted by Gasteiger charge is 2.22. The van der Waals surface area contributed by atoms with E-state index in [9.17, 15) is 0 Å². The topological polar surface area (TPSA) is 39.9 Å². The lowest BCUT2D eigenvalue weighted by Gasteiger charge is -2.18. The van der Waals surface area contributed by atoms with Crippen molar-refractivity contribution >= 4 is 10.8 Å². The van der Waals surface area contributed by atoms with E-state index in [0.29, 0.717) is 0 Å². The van der Waals surface area contributed by atoms with Crippen LogP contribution in [-0.4, -0.2) is 22.1 Å². The zero-order valence-corrected chi connectivity index (χ0v) is 15.2. The Morgan fingerprint density at radius 1 is 0.923 bits per heavy atom. The molecule has 0 saturated carbocycles. The van der Waals surface area contributed by atoms with Crippen molar-refractivity contribution in [3.05, 3.63) is 78.0 Å². The number of rotatable bonds is 4. The number of hydrogen-bond acceptors (Lipinski definition) is 3. The Labute approximate surface area is 153 Å². The van der Waals surface area contributed by atoms with Gasteiger partial charge in [0.15, 0.2) is 0 Å². The lowest BCUT2D eigenvalue weighted by molar-refractivity contribution is 0.416. The van der Waals surface area contributed by atoms with Gasteiger partial charge in [0.1, 0.15) is 5.75 Å². The van der Waals surface area contributed by atoms with E-state index in [1.807, 2.05) is 41.9 Å². The molecule has 4 rings (SSSR count). The zero-order valence-electron chi connectivity index (χ0n) is 15.2. The molecule has 4 aromatic rings. The first-order valence-corrected chi connectivity index (χ1v) is 8.73. The quantitative estimate of drug-likeness (QED) is 0.522. The molecule has 0 radical (unpaired) electrons. The number of fused-ring (bicyclic) bond motifs is 1. The highest BCUT2D eigenvalue weighted by molar-refractivity contribution is 5.99. The third-order valence-corrected chi connectivity index (χ3v) is 4.86. The van der Waals surface area contributed by atoms with Gasteiger partial charge in [0, 0.05) is 0 Å². The van der Waals surface area contributed by atoms with Crippen LogP contribution in [0.1, 0.15) is 24.2 Å². The maximum atomic E-state index is 5.70. The third kappa shape index (κ3) is 2.64. The molecule has 0 aliphatic rings. The van der Waals surface area contributed by atoms with Crippen LogP contribution in [0.3, 0.4) is 0 Å². The van der Waals surface area contributed by atoms with Crippen LogP contribution in [0.15, 0.2) is 66.7 Å². The zero-order chi connectivity index (χ0) is 18.1. The molecule has 0 aliphatic heterocycles. The van der Waals surface area contributed by atoms with Gasteiger partial charge in [-0.05, 0) is 36.2 Å². The molecule has 4 nitrogen and oxygen atoms in total. The minimum absolute atomic E-state index is 0.0658. The average Bonchev–Trinajstić information content (AvgIpc) is 3.08. The Bertz CT molecular complexity index is 1050. The van der Waals surface area contributed by atoms with Crippen molar-refractivity contribution in [2.24, 2.45) is 0 Å². The van der Waals surface area contributed by atoms with Crippen molar-refractivity contribution in [1.82, 2.24) is 15.0 Å². The number of ether oxygens (including phenoxy) is 1. The van der Waals surface area contributed by atoms with E-state index in [4.69, 9.17) is 4.74 Å². The second kappa shape index (κ2) is 6.64. The monoisotopic (exact) mass is 343 g/mol. The molecule has 3 aromatic carbocycles. The molecule has 0 saturated heterocycles. The third-order valence-electron chi connectivity index (χ3n) is 4.86. The fourth-order valence-electron chi connectivity index (χ4n) is 3.48. The predicted molar refractivity (Wildman–Crippen MR) is 105 cm³/mol. The lowest BCUT2D eigenvalue weighted by Crippen LogP contribution is -2.11. The summed E-state index contributed by atoms with van der Waals surface area (Å²) in [4.78, 5) is 0. The van der Waals surface area contributed by atoms with Crippen molar-refractivity contribution in [3.8, 4) is 17.0 Å². The molecule has 1 aromatic heterocycles. The summed E-state index contributed by atoms with van der Waals surface area (Å²) in [6, 6.07) is 22.9. The van der Waals surface area contributed by atoms with Crippen LogP contribution in [0.4, 0.5) is 0 Å². The highest BCUT2D eigenvalue weighted by atomic mass is 16.5. The molecule has 0 aliphatic carbocycles. The van der Waals surface area contributed by atoms with Gasteiger partial charge in [0.25, 0.3) is 0 Å². The fourth-order valence-corrected chi connectivity index (χ4v) is 3.48. The summed E-state index contributed by atoms with van der Waals surface area (Å²) in [7, 11) is 1.71. The minimum atomic E-state index is 0.0658. The summed E-state index contributed by atoms with van der Waals surface area (Å²) in [5.74, 6) is 0.829. The predicted octanol–water partition coefficient (Wildman–Crippen LogP) is 5.02. The van der Waals surface area contributed by atoms with Gasteiger partial charge < -0.3 is 4.74 Å². The average molecular weight is 343 g/mol. The van der Waals surface area contributed by atoms with Crippen LogP contribution in [0.5, 0.6) is 5.75 Å². The van der Waals surface area contributed by atoms with Gasteiger partial charge in [-0.25, -0.2) is 4.68 Å². The van der Waals surface area contributed by atoms with Crippen LogP contribution in [0.2, 0.25) is 0 Å². The lowest BCUT2D eigenvalue weighted by atomic mass is 9.99. The largest absolute Gasteiger partial charge is 0.496 e. The van der Waals surface area contributed by atoms with Crippen molar-refractivity contribution in [2.45, 2.75) is 19.9 Å². The maximum absolute atomic E-state index is 5.70. The van der Waals surface area contributed by atoms with E-state index in [1.54, 1.807) is 7.11 Å². The summed E-state index contributed by atoms with van der Waals surface area (Å²) in [6.07, 6.45) is 0. The normalized spacial score (nSPS) is 12.3. The van der Waals surface area contributed by atoms with Gasteiger partial charge in [0.05, 0.1) is 30.1 Å². The Hall–Kier alpha value is -3.14. The Morgan fingerprint density at radius 3 is 2.42 bits per heavy atom. The first-order valence-electron chi connectivity index (χ1n) is 8.73. The molecule has 0 bridgehead atoms. The van der Waals surface area contributed by atoms with Crippen molar-refractivity contribution in [3.63, 3.8) is 0 Å². The van der Waals surface area contributed by atoms with E-state index >= 15 is 0 Å². The van der Waals surface area contributed by atoms with Crippen LogP contribution in [0, 0.1) is 6.92 Å². The molecular weight excluding hydrogens is 322 g/mol. The SMILES string of the molecule is COc1ccc2ccccc2c1-c1c(C)nnn1[C@@H](C)c1ccccc1. The van der Waals surface area contributed by atoms with Crippen molar-refractivity contribution in [1.29, 1.82) is 0 Å². The van der Waals surface area contributed by atoms with E-state index in [0.717, 1.165) is 28.1 Å². The minimum Gasteiger partial charge on any atom is -0.496 e. The summed E-state index contributed by atoms with van der Waals surface area (Å²) < 4.78 is 7.70. The van der Waals surface area contributed by atoms with E-state index in [1.165, 1.54) is 10.9 Å². The molecule has 0 fully saturated rings. The van der Waals surface area contributed by atoms with E-state index in [-0.39, 0.29) is 6.04 Å². The molecule has 26 heavy (non-hydrogen) atoms. The van der Waals surface area contributed by atoms with Gasteiger partial charge >= 0.3 is 0 Å². The molecule has 1 heterocycles. The smallest absolute Gasteiger partial charge is 0.128 e. The van der Waals surface area contributed by atoms with Gasteiger partial charge in [0.2, 0.25) is 0 Å². The number of nitrogens with zero attached hydrogens (tertiary/aromatic N) is 3. The number of methoxy groups -OCH3 is 1. The van der Waals surface area contributed by atoms with Gasteiger partial charge in [-0.2, -0.15) is 0 Å². The Kier molecular flexibility index (Phi) is 4.17. The van der Waals surface area contributed by atoms with Crippen LogP contribution >= 0.6 is 0 Å². The molecule has 0 N–H and O–H groups in total. The number of hydrogen-bond donors (Lipinski definition) is 0. The number of aryl methyl sites for hydroxylation is 1. The maximum Gasteiger partial charge on any atom is 0.128 e. The van der Waals surface area contributed by atoms with Gasteiger partial charge in [-0.15, -0.1) is 5.10 Å². The first-order chi connectivity index (χ1) is 12.7. The van der Waals surface area contributed by atoms with Crippen LogP contribution < -0.4 is 4.74 Å². The van der Waals surface area contributed by atoms with Crippen molar-refractivity contribution in [2.75, 3.05) is 7.11 Å². The Balaban J connectivity index is 1.98. The fraction of sp³-hybridized carbons (Fsp3) is 0.182. The van der Waals surface area contributed by atoms with E-state index < -0.39 is 0 Å². The van der Waals surface area contributed by atoms with Crippen LogP contribution in [0.25, 0.3) is 22.0 Å². The molecular formula is C22H21N3O. The Morgan fingerprint density at radius 2 is 1.65 bits per heavy atom. The standard InChI is InChI=1S/C22H21N3O/c1-15-22(25(24-23-15)16(2)17-9-5-4-6-10-17)21-19-12-8-7-11-18(19)13-14-20(21)26-3/h4-14,16H,1-3H3/t16-/m0/s1. The van der Waals surface area contributed by atoms with Gasteiger partial charge in [-0.1, -0.05) is 65.9 Å². The molecule has 0 spiro atoms. The number of aromatic nitrogens is 3. The molecule has 0 amide bonds. The molecule has 0 unspecified atom stereocenters. The van der Waals surface area contributed by atoms with Crippen molar-refractivity contribution < 1.29 is 4.74 Å².